The lowest BCUT2D eigenvalue weighted by Crippen LogP contribution is -2.52. The summed E-state index contributed by atoms with van der Waals surface area (Å²) in [5, 5.41) is 9.89. The Bertz CT molecular complexity index is 450. The maximum Gasteiger partial charge on any atom is 0.0779 e. The quantitative estimate of drug-likeness (QED) is 0.905. The standard InChI is InChI=1S/C15H20ClNO2/c16-12-9-11(10-18)5-6-13(12)17-7-8-19-15-4-2-1-3-14(15)17/h5-6,9,14-15,18H,1-4,7-8,10H2. The maximum atomic E-state index is 9.16. The molecule has 1 aliphatic heterocycles. The lowest BCUT2D eigenvalue weighted by Gasteiger charge is -2.45. The van der Waals surface area contributed by atoms with Gasteiger partial charge in [-0.15, -0.1) is 0 Å². The molecule has 1 heterocycles. The molecule has 2 atom stereocenters. The smallest absolute Gasteiger partial charge is 0.0779 e. The van der Waals surface area contributed by atoms with Gasteiger partial charge in [0, 0.05) is 6.54 Å². The van der Waals surface area contributed by atoms with Crippen LogP contribution in [0.2, 0.25) is 5.02 Å². The van der Waals surface area contributed by atoms with Gasteiger partial charge in [0.15, 0.2) is 0 Å². The van der Waals surface area contributed by atoms with E-state index in [9.17, 15) is 0 Å². The molecular weight excluding hydrogens is 262 g/mol. The molecule has 0 spiro atoms. The number of halogens is 1. The van der Waals surface area contributed by atoms with Crippen LogP contribution in [0.3, 0.4) is 0 Å². The summed E-state index contributed by atoms with van der Waals surface area (Å²) >= 11 is 6.38. The molecule has 2 aliphatic rings. The van der Waals surface area contributed by atoms with Crippen molar-refractivity contribution in [1.82, 2.24) is 0 Å². The molecule has 1 aromatic rings. The van der Waals surface area contributed by atoms with Gasteiger partial charge in [0.2, 0.25) is 0 Å². The average molecular weight is 282 g/mol. The maximum absolute atomic E-state index is 9.16. The molecule has 0 radical (unpaired) electrons. The van der Waals surface area contributed by atoms with Crippen molar-refractivity contribution in [2.75, 3.05) is 18.1 Å². The summed E-state index contributed by atoms with van der Waals surface area (Å²) in [6.45, 7) is 1.72. The first-order valence-corrected chi connectivity index (χ1v) is 7.45. The number of aliphatic hydroxyl groups excluding tert-OH is 1. The van der Waals surface area contributed by atoms with E-state index in [0.29, 0.717) is 12.1 Å². The summed E-state index contributed by atoms with van der Waals surface area (Å²) in [5.41, 5.74) is 1.95. The Balaban J connectivity index is 1.87. The van der Waals surface area contributed by atoms with E-state index in [-0.39, 0.29) is 6.61 Å². The largest absolute Gasteiger partial charge is 0.392 e. The third-order valence-corrected chi connectivity index (χ3v) is 4.54. The normalized spacial score (nSPS) is 27.2. The zero-order chi connectivity index (χ0) is 13.2. The van der Waals surface area contributed by atoms with Crippen molar-refractivity contribution in [3.05, 3.63) is 28.8 Å². The van der Waals surface area contributed by atoms with Crippen LogP contribution >= 0.6 is 11.6 Å². The van der Waals surface area contributed by atoms with Crippen molar-refractivity contribution in [3.8, 4) is 0 Å². The predicted octanol–water partition coefficient (Wildman–Crippen LogP) is 2.98. The second-order valence-electron chi connectivity index (χ2n) is 5.40. The van der Waals surface area contributed by atoms with Crippen LogP contribution in [0.4, 0.5) is 5.69 Å². The first-order valence-electron chi connectivity index (χ1n) is 7.07. The highest BCUT2D eigenvalue weighted by molar-refractivity contribution is 6.33. The number of morpholine rings is 1. The van der Waals surface area contributed by atoms with Gasteiger partial charge in [-0.1, -0.05) is 30.5 Å². The first-order chi connectivity index (χ1) is 9.29. The highest BCUT2D eigenvalue weighted by atomic mass is 35.5. The number of nitrogens with zero attached hydrogens (tertiary/aromatic N) is 1. The van der Waals surface area contributed by atoms with E-state index in [4.69, 9.17) is 21.4 Å². The summed E-state index contributed by atoms with van der Waals surface area (Å²) in [7, 11) is 0. The molecule has 1 saturated carbocycles. The second kappa shape index (κ2) is 5.70. The molecule has 104 valence electrons. The zero-order valence-corrected chi connectivity index (χ0v) is 11.8. The molecule has 2 unspecified atom stereocenters. The van der Waals surface area contributed by atoms with Gasteiger partial charge in [-0.25, -0.2) is 0 Å². The van der Waals surface area contributed by atoms with Crippen molar-refractivity contribution in [2.45, 2.75) is 44.4 Å². The minimum Gasteiger partial charge on any atom is -0.392 e. The molecule has 1 aliphatic carbocycles. The third kappa shape index (κ3) is 2.60. The van der Waals surface area contributed by atoms with E-state index in [2.05, 4.69) is 4.90 Å². The molecule has 1 aromatic carbocycles. The van der Waals surface area contributed by atoms with Crippen molar-refractivity contribution in [3.63, 3.8) is 0 Å². The number of aliphatic hydroxyl groups is 1. The molecule has 3 rings (SSSR count). The highest BCUT2D eigenvalue weighted by Gasteiger charge is 2.34. The third-order valence-electron chi connectivity index (χ3n) is 4.24. The van der Waals surface area contributed by atoms with Gasteiger partial charge >= 0.3 is 0 Å². The predicted molar refractivity (Wildman–Crippen MR) is 76.7 cm³/mol. The fourth-order valence-electron chi connectivity index (χ4n) is 3.28. The Labute approximate surface area is 119 Å². The summed E-state index contributed by atoms with van der Waals surface area (Å²) in [6.07, 6.45) is 5.24. The lowest BCUT2D eigenvalue weighted by molar-refractivity contribution is -0.00867. The molecule has 19 heavy (non-hydrogen) atoms. The number of hydrogen-bond acceptors (Lipinski definition) is 3. The molecule has 3 nitrogen and oxygen atoms in total. The van der Waals surface area contributed by atoms with E-state index < -0.39 is 0 Å². The molecule has 1 saturated heterocycles. The molecule has 0 bridgehead atoms. The SMILES string of the molecule is OCc1ccc(N2CCOC3CCCCC32)c(Cl)c1. The van der Waals surface area contributed by atoms with E-state index in [0.717, 1.165) is 35.8 Å². The van der Waals surface area contributed by atoms with Gasteiger partial charge in [0.1, 0.15) is 0 Å². The van der Waals surface area contributed by atoms with Crippen LogP contribution in [-0.2, 0) is 11.3 Å². The van der Waals surface area contributed by atoms with Crippen molar-refractivity contribution in [1.29, 1.82) is 0 Å². The Morgan fingerprint density at radius 2 is 2.16 bits per heavy atom. The fraction of sp³-hybridized carbons (Fsp3) is 0.600. The minimum absolute atomic E-state index is 0.0369. The van der Waals surface area contributed by atoms with Gasteiger partial charge in [0.25, 0.3) is 0 Å². The summed E-state index contributed by atoms with van der Waals surface area (Å²) in [4.78, 5) is 2.40. The monoisotopic (exact) mass is 281 g/mol. The molecular formula is C15H20ClNO2. The fourth-order valence-corrected chi connectivity index (χ4v) is 3.59. The second-order valence-corrected chi connectivity index (χ2v) is 5.81. The number of ether oxygens (including phenoxy) is 1. The number of benzene rings is 1. The van der Waals surface area contributed by atoms with E-state index >= 15 is 0 Å². The molecule has 4 heteroatoms. The highest BCUT2D eigenvalue weighted by Crippen LogP contribution is 2.35. The lowest BCUT2D eigenvalue weighted by atomic mass is 9.89. The Morgan fingerprint density at radius 1 is 1.32 bits per heavy atom. The van der Waals surface area contributed by atoms with Crippen LogP contribution in [-0.4, -0.2) is 30.4 Å². The zero-order valence-electron chi connectivity index (χ0n) is 11.0. The summed E-state index contributed by atoms with van der Waals surface area (Å²) in [6, 6.07) is 6.31. The molecule has 0 amide bonds. The van der Waals surface area contributed by atoms with Crippen LogP contribution < -0.4 is 4.90 Å². The summed E-state index contributed by atoms with van der Waals surface area (Å²) in [5.74, 6) is 0. The van der Waals surface area contributed by atoms with Crippen molar-refractivity contribution in [2.24, 2.45) is 0 Å². The van der Waals surface area contributed by atoms with Crippen molar-refractivity contribution >= 4 is 17.3 Å². The van der Waals surface area contributed by atoms with Gasteiger partial charge in [0.05, 0.1) is 36.1 Å². The molecule has 0 aromatic heterocycles. The Morgan fingerprint density at radius 3 is 2.95 bits per heavy atom. The van der Waals surface area contributed by atoms with Crippen LogP contribution in [0.25, 0.3) is 0 Å². The van der Waals surface area contributed by atoms with Crippen molar-refractivity contribution < 1.29 is 9.84 Å². The number of hydrogen-bond donors (Lipinski definition) is 1. The number of rotatable bonds is 2. The van der Waals surface area contributed by atoms with Gasteiger partial charge in [-0.3, -0.25) is 0 Å². The van der Waals surface area contributed by atoms with Gasteiger partial charge in [-0.2, -0.15) is 0 Å². The molecule has 2 fully saturated rings. The number of fused-ring (bicyclic) bond motifs is 1. The summed E-state index contributed by atoms with van der Waals surface area (Å²) < 4.78 is 5.89. The van der Waals surface area contributed by atoms with Crippen LogP contribution in [0.5, 0.6) is 0 Å². The average Bonchev–Trinajstić information content (AvgIpc) is 2.46. The minimum atomic E-state index is 0.0369. The van der Waals surface area contributed by atoms with Crippen LogP contribution in [0, 0.1) is 0 Å². The van der Waals surface area contributed by atoms with Gasteiger partial charge < -0.3 is 14.7 Å². The Kier molecular flexibility index (Phi) is 3.96. The van der Waals surface area contributed by atoms with E-state index in [1.165, 1.54) is 19.3 Å². The number of anilines is 1. The molecule has 1 N–H and O–H groups in total. The van der Waals surface area contributed by atoms with E-state index in [1.54, 1.807) is 0 Å². The van der Waals surface area contributed by atoms with Gasteiger partial charge in [-0.05, 0) is 30.5 Å². The first kappa shape index (κ1) is 13.2. The topological polar surface area (TPSA) is 32.7 Å². The Hall–Kier alpha value is -0.770. The van der Waals surface area contributed by atoms with Crippen LogP contribution in [0.15, 0.2) is 18.2 Å². The van der Waals surface area contributed by atoms with Crippen LogP contribution in [0.1, 0.15) is 31.2 Å². The van der Waals surface area contributed by atoms with E-state index in [1.807, 2.05) is 18.2 Å².